The van der Waals surface area contributed by atoms with Crippen molar-refractivity contribution in [3.8, 4) is 5.75 Å². The summed E-state index contributed by atoms with van der Waals surface area (Å²) in [4.78, 5) is 31.0. The van der Waals surface area contributed by atoms with Gasteiger partial charge in [0.1, 0.15) is 11.5 Å². The Morgan fingerprint density at radius 1 is 1.18 bits per heavy atom. The normalized spacial score (nSPS) is 18.0. The van der Waals surface area contributed by atoms with Crippen LogP contribution in [0.4, 0.5) is 0 Å². The number of aliphatic hydroxyl groups is 1. The smallest absolute Gasteiger partial charge is 0.295 e. The molecule has 2 heterocycles. The number of benzene rings is 2. The summed E-state index contributed by atoms with van der Waals surface area (Å²) in [7, 11) is 1.57. The summed E-state index contributed by atoms with van der Waals surface area (Å²) in [6.45, 7) is 6.16. The number of hydrogen-bond acceptors (Lipinski definition) is 5. The van der Waals surface area contributed by atoms with E-state index in [4.69, 9.17) is 9.47 Å². The minimum absolute atomic E-state index is 0.00434. The molecule has 4 rings (SSSR count). The summed E-state index contributed by atoms with van der Waals surface area (Å²) >= 11 is 0. The molecule has 1 fully saturated rings. The van der Waals surface area contributed by atoms with E-state index in [1.807, 2.05) is 45.0 Å². The molecule has 0 saturated carbocycles. The maximum atomic E-state index is 13.2. The minimum Gasteiger partial charge on any atom is -0.507 e. The van der Waals surface area contributed by atoms with Crippen LogP contribution in [0.15, 0.2) is 54.2 Å². The number of hydrogen-bond donors (Lipinski definition) is 2. The number of rotatable bonds is 7. The number of fused-ring (bicyclic) bond motifs is 1. The van der Waals surface area contributed by atoms with E-state index in [-0.39, 0.29) is 30.6 Å². The number of nitrogens with zero attached hydrogens (tertiary/aromatic N) is 1. The van der Waals surface area contributed by atoms with Crippen LogP contribution in [0.3, 0.4) is 0 Å². The quantitative estimate of drug-likeness (QED) is 0.319. The van der Waals surface area contributed by atoms with Crippen molar-refractivity contribution < 1.29 is 24.2 Å². The average Bonchev–Trinajstić information content (AvgIpc) is 3.32. The summed E-state index contributed by atoms with van der Waals surface area (Å²) in [5, 5.41) is 12.2. The second-order valence-corrected chi connectivity index (χ2v) is 8.38. The number of para-hydroxylation sites is 1. The van der Waals surface area contributed by atoms with Gasteiger partial charge in [-0.25, -0.2) is 0 Å². The van der Waals surface area contributed by atoms with E-state index >= 15 is 0 Å². The topological polar surface area (TPSA) is 91.9 Å². The molecule has 0 bridgehead atoms. The highest BCUT2D eigenvalue weighted by Gasteiger charge is 2.46. The molecule has 7 heteroatoms. The number of aromatic nitrogens is 1. The molecule has 0 radical (unpaired) electrons. The molecule has 1 aliphatic rings. The van der Waals surface area contributed by atoms with E-state index < -0.39 is 17.7 Å². The standard InChI is InChI=1S/C26H28N2O5/c1-15(2)33-12-11-28-23(20-14-27-21-8-6-5-7-19(20)21)22(25(30)26(28)31)24(29)18-10-9-17(32-4)13-16(18)3/h5-10,13-15,23,27,29H,11-12H2,1-4H3/b24-22+. The molecule has 2 aromatic carbocycles. The number of nitrogens with one attached hydrogen (secondary N) is 1. The van der Waals surface area contributed by atoms with E-state index in [0.29, 0.717) is 11.3 Å². The van der Waals surface area contributed by atoms with E-state index in [1.165, 1.54) is 4.90 Å². The summed E-state index contributed by atoms with van der Waals surface area (Å²) in [5.74, 6) is -0.910. The van der Waals surface area contributed by atoms with Crippen LogP contribution < -0.4 is 4.74 Å². The number of H-pyrrole nitrogens is 1. The Hall–Kier alpha value is -3.58. The number of aryl methyl sites for hydroxylation is 1. The SMILES string of the molecule is COc1ccc(/C(O)=C2\C(=O)C(=O)N(CCOC(C)C)C2c2c[nH]c3ccccc23)c(C)c1. The Kier molecular flexibility index (Phi) is 6.24. The summed E-state index contributed by atoms with van der Waals surface area (Å²) in [6.07, 6.45) is 1.79. The first-order chi connectivity index (χ1) is 15.8. The lowest BCUT2D eigenvalue weighted by atomic mass is 9.93. The highest BCUT2D eigenvalue weighted by molar-refractivity contribution is 6.46. The number of ether oxygens (including phenoxy) is 2. The second-order valence-electron chi connectivity index (χ2n) is 8.38. The van der Waals surface area contributed by atoms with Gasteiger partial charge >= 0.3 is 0 Å². The Morgan fingerprint density at radius 3 is 2.64 bits per heavy atom. The average molecular weight is 449 g/mol. The zero-order chi connectivity index (χ0) is 23.7. The van der Waals surface area contributed by atoms with Gasteiger partial charge in [-0.2, -0.15) is 0 Å². The third kappa shape index (κ3) is 4.12. The third-order valence-electron chi connectivity index (χ3n) is 5.93. The third-order valence-corrected chi connectivity index (χ3v) is 5.93. The maximum Gasteiger partial charge on any atom is 0.295 e. The van der Waals surface area contributed by atoms with Gasteiger partial charge in [0, 0.05) is 34.8 Å². The molecule has 3 aromatic rings. The van der Waals surface area contributed by atoms with Crippen molar-refractivity contribution in [2.75, 3.05) is 20.3 Å². The van der Waals surface area contributed by atoms with Gasteiger partial charge in [-0.15, -0.1) is 0 Å². The molecule has 0 spiro atoms. The molecular weight excluding hydrogens is 420 g/mol. The van der Waals surface area contributed by atoms with Crippen molar-refractivity contribution in [3.63, 3.8) is 0 Å². The van der Waals surface area contributed by atoms with Gasteiger partial charge in [0.2, 0.25) is 0 Å². The van der Waals surface area contributed by atoms with Crippen molar-refractivity contribution >= 4 is 28.4 Å². The Morgan fingerprint density at radius 2 is 1.94 bits per heavy atom. The van der Waals surface area contributed by atoms with Gasteiger partial charge in [-0.3, -0.25) is 9.59 Å². The van der Waals surface area contributed by atoms with Gasteiger partial charge in [-0.05, 0) is 50.6 Å². The van der Waals surface area contributed by atoms with Gasteiger partial charge in [0.25, 0.3) is 11.7 Å². The van der Waals surface area contributed by atoms with Crippen molar-refractivity contribution in [2.24, 2.45) is 0 Å². The van der Waals surface area contributed by atoms with Gasteiger partial charge in [-0.1, -0.05) is 18.2 Å². The largest absolute Gasteiger partial charge is 0.507 e. The second kappa shape index (κ2) is 9.11. The zero-order valence-corrected chi connectivity index (χ0v) is 19.2. The number of Topliss-reactive ketones (excluding diaryl/α,β-unsaturated/α-hetero) is 1. The van der Waals surface area contributed by atoms with Crippen molar-refractivity contribution in [3.05, 3.63) is 70.9 Å². The molecule has 1 aromatic heterocycles. The Labute approximate surface area is 192 Å². The number of carbonyl (C=O) groups is 2. The molecule has 1 aliphatic heterocycles. The number of likely N-dealkylation sites (tertiary alicyclic amines) is 1. The van der Waals surface area contributed by atoms with E-state index in [1.54, 1.807) is 31.5 Å². The molecule has 1 saturated heterocycles. The summed E-state index contributed by atoms with van der Waals surface area (Å²) in [6, 6.07) is 12.1. The van der Waals surface area contributed by atoms with Crippen LogP contribution in [0, 0.1) is 6.92 Å². The number of methoxy groups -OCH3 is 1. The molecule has 33 heavy (non-hydrogen) atoms. The molecule has 0 aliphatic carbocycles. The van der Waals surface area contributed by atoms with Crippen molar-refractivity contribution in [1.82, 2.24) is 9.88 Å². The van der Waals surface area contributed by atoms with Gasteiger partial charge < -0.3 is 24.5 Å². The number of aliphatic hydroxyl groups excluding tert-OH is 1. The predicted molar refractivity (Wildman–Crippen MR) is 126 cm³/mol. The molecule has 1 atom stereocenters. The van der Waals surface area contributed by atoms with Crippen LogP contribution in [-0.2, 0) is 14.3 Å². The molecule has 2 N–H and O–H groups in total. The lowest BCUT2D eigenvalue weighted by Gasteiger charge is -2.25. The first-order valence-electron chi connectivity index (χ1n) is 10.9. The zero-order valence-electron chi connectivity index (χ0n) is 19.2. The fourth-order valence-corrected chi connectivity index (χ4v) is 4.31. The predicted octanol–water partition coefficient (Wildman–Crippen LogP) is 4.33. The first-order valence-corrected chi connectivity index (χ1v) is 10.9. The van der Waals surface area contributed by atoms with Gasteiger partial charge in [0.05, 0.1) is 31.4 Å². The molecular formula is C26H28N2O5. The number of carbonyl (C=O) groups excluding carboxylic acids is 2. The minimum atomic E-state index is -0.738. The van der Waals surface area contributed by atoms with E-state index in [2.05, 4.69) is 4.98 Å². The van der Waals surface area contributed by atoms with Crippen LogP contribution in [0.1, 0.15) is 36.6 Å². The lowest BCUT2D eigenvalue weighted by molar-refractivity contribution is -0.140. The van der Waals surface area contributed by atoms with E-state index in [0.717, 1.165) is 22.0 Å². The Bertz CT molecular complexity index is 1240. The van der Waals surface area contributed by atoms with Crippen LogP contribution in [-0.4, -0.2) is 53.0 Å². The highest BCUT2D eigenvalue weighted by Crippen LogP contribution is 2.42. The maximum absolute atomic E-state index is 13.2. The van der Waals surface area contributed by atoms with Crippen LogP contribution >= 0.6 is 0 Å². The van der Waals surface area contributed by atoms with Crippen LogP contribution in [0.25, 0.3) is 16.7 Å². The summed E-state index contributed by atoms with van der Waals surface area (Å²) < 4.78 is 10.9. The molecule has 7 nitrogen and oxygen atoms in total. The first kappa shape index (κ1) is 22.6. The monoisotopic (exact) mass is 448 g/mol. The number of aromatic amines is 1. The fourth-order valence-electron chi connectivity index (χ4n) is 4.31. The fraction of sp³-hybridized carbons (Fsp3) is 0.308. The Balaban J connectivity index is 1.87. The van der Waals surface area contributed by atoms with E-state index in [9.17, 15) is 14.7 Å². The lowest BCUT2D eigenvalue weighted by Crippen LogP contribution is -2.33. The molecule has 172 valence electrons. The number of amides is 1. The number of ketones is 1. The van der Waals surface area contributed by atoms with Crippen LogP contribution in [0.2, 0.25) is 0 Å². The van der Waals surface area contributed by atoms with Crippen molar-refractivity contribution in [2.45, 2.75) is 32.9 Å². The molecule has 1 amide bonds. The van der Waals surface area contributed by atoms with Crippen molar-refractivity contribution in [1.29, 1.82) is 0 Å². The summed E-state index contributed by atoms with van der Waals surface area (Å²) in [5.41, 5.74) is 2.93. The highest BCUT2D eigenvalue weighted by atomic mass is 16.5. The molecule has 1 unspecified atom stereocenters. The van der Waals surface area contributed by atoms with Crippen LogP contribution in [0.5, 0.6) is 5.75 Å². The van der Waals surface area contributed by atoms with Gasteiger partial charge in [0.15, 0.2) is 0 Å².